The van der Waals surface area contributed by atoms with Crippen LogP contribution in [-0.2, 0) is 9.53 Å². The number of nitrogen functional groups attached to an aromatic ring is 1. The van der Waals surface area contributed by atoms with Gasteiger partial charge in [0, 0.05) is 18.2 Å². The zero-order chi connectivity index (χ0) is 17.5. The largest absolute Gasteiger partial charge is 0.482 e. The highest BCUT2D eigenvalue weighted by Gasteiger charge is 2.25. The molecule has 5 heteroatoms. The highest BCUT2D eigenvalue weighted by molar-refractivity contribution is 5.72. The van der Waals surface area contributed by atoms with Crippen LogP contribution in [0, 0.1) is 0 Å². The Hall–Kier alpha value is -1.91. The maximum absolute atomic E-state index is 11.4. The molecule has 0 saturated heterocycles. The predicted octanol–water partition coefficient (Wildman–Crippen LogP) is 3.76. The fourth-order valence-electron chi connectivity index (χ4n) is 3.46. The number of hydrogen-bond donors (Lipinski definition) is 1. The summed E-state index contributed by atoms with van der Waals surface area (Å²) in [5.41, 5.74) is 8.04. The molecule has 1 saturated carbocycles. The summed E-state index contributed by atoms with van der Waals surface area (Å²) in [5, 5.41) is 0. The summed E-state index contributed by atoms with van der Waals surface area (Å²) in [6, 6.07) is 6.62. The quantitative estimate of drug-likeness (QED) is 0.607. The molecule has 0 amide bonds. The molecule has 0 bridgehead atoms. The van der Waals surface area contributed by atoms with E-state index in [0.29, 0.717) is 30.1 Å². The van der Waals surface area contributed by atoms with Crippen molar-refractivity contribution in [1.82, 2.24) is 0 Å². The molecule has 0 atom stereocenters. The molecule has 0 heterocycles. The van der Waals surface area contributed by atoms with Crippen LogP contribution in [0.4, 0.5) is 11.4 Å². The maximum atomic E-state index is 11.4. The Morgan fingerprint density at radius 3 is 2.58 bits per heavy atom. The second-order valence-electron chi connectivity index (χ2n) is 6.61. The first-order valence-corrected chi connectivity index (χ1v) is 8.99. The van der Waals surface area contributed by atoms with Gasteiger partial charge in [-0.2, -0.15) is 0 Å². The lowest BCUT2D eigenvalue weighted by molar-refractivity contribution is -0.145. The summed E-state index contributed by atoms with van der Waals surface area (Å²) in [4.78, 5) is 13.8. The minimum atomic E-state index is -0.369. The van der Waals surface area contributed by atoms with Gasteiger partial charge in [-0.15, -0.1) is 0 Å². The van der Waals surface area contributed by atoms with Crippen LogP contribution in [-0.4, -0.2) is 31.3 Å². The fourth-order valence-corrected chi connectivity index (χ4v) is 3.46. The molecule has 5 nitrogen and oxygen atoms in total. The average molecular weight is 334 g/mol. The molecule has 1 aliphatic rings. The van der Waals surface area contributed by atoms with Crippen molar-refractivity contribution in [2.45, 2.75) is 65.0 Å². The molecule has 1 aromatic rings. The standard InChI is InChI=1S/C19H30N2O3/c1-4-23-19(22)13-24-16-10-11-18(17(20)12-16)21(14(2)3)15-8-6-5-7-9-15/h10-12,14-15H,4-9,13,20H2,1-3H3. The number of benzene rings is 1. The van der Waals surface area contributed by atoms with Crippen molar-refractivity contribution in [3.8, 4) is 5.75 Å². The molecule has 0 unspecified atom stereocenters. The molecule has 24 heavy (non-hydrogen) atoms. The average Bonchev–Trinajstić information content (AvgIpc) is 2.56. The lowest BCUT2D eigenvalue weighted by atomic mass is 9.92. The van der Waals surface area contributed by atoms with E-state index in [1.807, 2.05) is 12.1 Å². The Morgan fingerprint density at radius 2 is 2.00 bits per heavy atom. The van der Waals surface area contributed by atoms with E-state index in [1.54, 1.807) is 13.0 Å². The van der Waals surface area contributed by atoms with Gasteiger partial charge in [-0.1, -0.05) is 19.3 Å². The molecule has 0 aliphatic heterocycles. The van der Waals surface area contributed by atoms with E-state index >= 15 is 0 Å². The summed E-state index contributed by atoms with van der Waals surface area (Å²) in [6.07, 6.45) is 6.35. The van der Waals surface area contributed by atoms with Gasteiger partial charge in [-0.3, -0.25) is 0 Å². The first kappa shape index (κ1) is 18.4. The summed E-state index contributed by atoms with van der Waals surface area (Å²) in [5.74, 6) is 0.225. The smallest absolute Gasteiger partial charge is 0.344 e. The van der Waals surface area contributed by atoms with Crippen LogP contribution in [0.5, 0.6) is 5.75 Å². The normalized spacial score (nSPS) is 15.3. The van der Waals surface area contributed by atoms with Crippen molar-refractivity contribution in [3.63, 3.8) is 0 Å². The van der Waals surface area contributed by atoms with Gasteiger partial charge >= 0.3 is 5.97 Å². The predicted molar refractivity (Wildman–Crippen MR) is 97.5 cm³/mol. The lowest BCUT2D eigenvalue weighted by Crippen LogP contribution is -2.42. The summed E-state index contributed by atoms with van der Waals surface area (Å²) in [6.45, 7) is 6.45. The number of ether oxygens (including phenoxy) is 2. The highest BCUT2D eigenvalue weighted by atomic mass is 16.6. The van der Waals surface area contributed by atoms with Crippen molar-refractivity contribution >= 4 is 17.3 Å². The molecule has 1 aliphatic carbocycles. The van der Waals surface area contributed by atoms with Gasteiger partial charge in [0.2, 0.25) is 0 Å². The first-order valence-electron chi connectivity index (χ1n) is 8.99. The fraction of sp³-hybridized carbons (Fsp3) is 0.632. The number of nitrogens with zero attached hydrogens (tertiary/aromatic N) is 1. The molecule has 2 rings (SSSR count). The molecule has 0 radical (unpaired) electrons. The van der Waals surface area contributed by atoms with Crippen molar-refractivity contribution in [2.24, 2.45) is 0 Å². The summed E-state index contributed by atoms with van der Waals surface area (Å²) >= 11 is 0. The van der Waals surface area contributed by atoms with Gasteiger partial charge < -0.3 is 20.1 Å². The maximum Gasteiger partial charge on any atom is 0.344 e. The number of anilines is 2. The van der Waals surface area contributed by atoms with Gasteiger partial charge in [-0.25, -0.2) is 4.79 Å². The van der Waals surface area contributed by atoms with Crippen molar-refractivity contribution in [3.05, 3.63) is 18.2 Å². The van der Waals surface area contributed by atoms with Crippen LogP contribution in [0.25, 0.3) is 0 Å². The van der Waals surface area contributed by atoms with E-state index < -0.39 is 0 Å². The number of nitrogens with two attached hydrogens (primary N) is 1. The van der Waals surface area contributed by atoms with Crippen LogP contribution in [0.3, 0.4) is 0 Å². The second kappa shape index (κ2) is 8.81. The highest BCUT2D eigenvalue weighted by Crippen LogP contribution is 2.34. The number of carbonyl (C=O) groups is 1. The van der Waals surface area contributed by atoms with E-state index in [0.717, 1.165) is 5.69 Å². The van der Waals surface area contributed by atoms with Crippen LogP contribution >= 0.6 is 0 Å². The molecule has 1 aromatic carbocycles. The third kappa shape index (κ3) is 4.79. The molecule has 134 valence electrons. The van der Waals surface area contributed by atoms with Gasteiger partial charge in [0.05, 0.1) is 18.0 Å². The Labute approximate surface area is 145 Å². The first-order chi connectivity index (χ1) is 11.5. The molecule has 2 N–H and O–H groups in total. The monoisotopic (exact) mass is 334 g/mol. The third-order valence-electron chi connectivity index (χ3n) is 4.46. The molecule has 0 spiro atoms. The van der Waals surface area contributed by atoms with Crippen LogP contribution in [0.2, 0.25) is 0 Å². The zero-order valence-corrected chi connectivity index (χ0v) is 15.1. The Morgan fingerprint density at radius 1 is 1.29 bits per heavy atom. The van der Waals surface area contributed by atoms with E-state index in [9.17, 15) is 4.79 Å². The van der Waals surface area contributed by atoms with E-state index in [1.165, 1.54) is 32.1 Å². The number of esters is 1. The summed E-state index contributed by atoms with van der Waals surface area (Å²) < 4.78 is 10.3. The van der Waals surface area contributed by atoms with Gasteiger partial charge in [0.25, 0.3) is 0 Å². The molecule has 0 aromatic heterocycles. The van der Waals surface area contributed by atoms with Crippen molar-refractivity contribution in [1.29, 1.82) is 0 Å². The number of carbonyl (C=O) groups excluding carboxylic acids is 1. The Kier molecular flexibility index (Phi) is 6.76. The minimum absolute atomic E-state index is 0.0941. The Balaban J connectivity index is 2.10. The van der Waals surface area contributed by atoms with Crippen molar-refractivity contribution < 1.29 is 14.3 Å². The van der Waals surface area contributed by atoms with Crippen LogP contribution < -0.4 is 15.4 Å². The number of rotatable bonds is 7. The molecule has 1 fully saturated rings. The van der Waals surface area contributed by atoms with Crippen LogP contribution in [0.1, 0.15) is 52.9 Å². The molecular weight excluding hydrogens is 304 g/mol. The van der Waals surface area contributed by atoms with E-state index in [-0.39, 0.29) is 12.6 Å². The van der Waals surface area contributed by atoms with E-state index in [2.05, 4.69) is 18.7 Å². The SMILES string of the molecule is CCOC(=O)COc1ccc(N(C(C)C)C2CCCCC2)c(N)c1. The third-order valence-corrected chi connectivity index (χ3v) is 4.46. The second-order valence-corrected chi connectivity index (χ2v) is 6.61. The number of hydrogen-bond acceptors (Lipinski definition) is 5. The molecular formula is C19H30N2O3. The minimum Gasteiger partial charge on any atom is -0.482 e. The van der Waals surface area contributed by atoms with Gasteiger partial charge in [0.15, 0.2) is 6.61 Å². The topological polar surface area (TPSA) is 64.8 Å². The van der Waals surface area contributed by atoms with Crippen LogP contribution in [0.15, 0.2) is 18.2 Å². The summed E-state index contributed by atoms with van der Waals surface area (Å²) in [7, 11) is 0. The van der Waals surface area contributed by atoms with Crippen molar-refractivity contribution in [2.75, 3.05) is 23.8 Å². The van der Waals surface area contributed by atoms with E-state index in [4.69, 9.17) is 15.2 Å². The zero-order valence-electron chi connectivity index (χ0n) is 15.1. The van der Waals surface area contributed by atoms with Gasteiger partial charge in [0.1, 0.15) is 5.75 Å². The Bertz CT molecular complexity index is 539. The lowest BCUT2D eigenvalue weighted by Gasteiger charge is -2.40. The van der Waals surface area contributed by atoms with Gasteiger partial charge in [-0.05, 0) is 45.7 Å².